The summed E-state index contributed by atoms with van der Waals surface area (Å²) >= 11 is 3.02. The monoisotopic (exact) mass is 486 g/mol. The fourth-order valence-electron chi connectivity index (χ4n) is 3.87. The van der Waals surface area contributed by atoms with Gasteiger partial charge in [-0.05, 0) is 31.0 Å². The van der Waals surface area contributed by atoms with Crippen molar-refractivity contribution in [3.8, 4) is 17.2 Å². The summed E-state index contributed by atoms with van der Waals surface area (Å²) in [5, 5.41) is 3.00. The molecule has 2 aromatic carbocycles. The number of hydrogen-bond acceptors (Lipinski definition) is 9. The summed E-state index contributed by atoms with van der Waals surface area (Å²) in [5.74, 6) is 1.28. The van der Waals surface area contributed by atoms with Gasteiger partial charge in [0.25, 0.3) is 5.91 Å². The molecule has 0 bridgehead atoms. The molecule has 33 heavy (non-hydrogen) atoms. The highest BCUT2D eigenvalue weighted by molar-refractivity contribution is 8.00. The topological polar surface area (TPSA) is 96.0 Å². The van der Waals surface area contributed by atoms with Gasteiger partial charge in [-0.1, -0.05) is 11.8 Å². The summed E-state index contributed by atoms with van der Waals surface area (Å²) in [6.45, 7) is 0.127. The molecule has 1 aliphatic carbocycles. The van der Waals surface area contributed by atoms with E-state index in [9.17, 15) is 9.59 Å². The summed E-state index contributed by atoms with van der Waals surface area (Å²) in [4.78, 5) is 29.6. The predicted octanol–water partition coefficient (Wildman–Crippen LogP) is 4.18. The van der Waals surface area contributed by atoms with Crippen LogP contribution in [0.25, 0.3) is 10.2 Å². The van der Waals surface area contributed by atoms with Gasteiger partial charge in [-0.25, -0.2) is 9.78 Å². The molecule has 0 atom stereocenters. The van der Waals surface area contributed by atoms with Crippen LogP contribution in [0.4, 0.5) is 0 Å². The molecule has 1 aromatic heterocycles. The van der Waals surface area contributed by atoms with Gasteiger partial charge in [-0.2, -0.15) is 0 Å². The second-order valence-electron chi connectivity index (χ2n) is 7.71. The molecular weight excluding hydrogens is 464 g/mol. The Morgan fingerprint density at radius 3 is 2.64 bits per heavy atom. The van der Waals surface area contributed by atoms with Crippen molar-refractivity contribution in [3.05, 3.63) is 40.5 Å². The molecule has 1 fully saturated rings. The zero-order valence-corrected chi connectivity index (χ0v) is 20.0. The molecule has 172 valence electrons. The summed E-state index contributed by atoms with van der Waals surface area (Å²) in [6.07, 6.45) is 2.09. The fourth-order valence-corrected chi connectivity index (χ4v) is 5.94. The molecule has 1 saturated carbocycles. The number of carbonyl (C=O) groups is 2. The SMILES string of the molecule is COc1c2c(c(CSc3nc4cc(C(=O)NC5CC5)ccc4s3)c(OC)c1OC)C(=O)OC2. The van der Waals surface area contributed by atoms with E-state index in [-0.39, 0.29) is 12.5 Å². The molecule has 2 aliphatic rings. The summed E-state index contributed by atoms with van der Waals surface area (Å²) < 4.78 is 23.8. The number of benzene rings is 2. The van der Waals surface area contributed by atoms with Crippen molar-refractivity contribution in [2.75, 3.05) is 21.3 Å². The third-order valence-corrected chi connectivity index (χ3v) is 7.82. The minimum Gasteiger partial charge on any atom is -0.492 e. The van der Waals surface area contributed by atoms with E-state index >= 15 is 0 Å². The highest BCUT2D eigenvalue weighted by Crippen LogP contribution is 2.49. The van der Waals surface area contributed by atoms with Crippen molar-refractivity contribution in [2.24, 2.45) is 0 Å². The summed E-state index contributed by atoms with van der Waals surface area (Å²) in [5.41, 5.74) is 3.18. The van der Waals surface area contributed by atoms with E-state index < -0.39 is 5.97 Å². The number of thiazole rings is 1. The highest BCUT2D eigenvalue weighted by atomic mass is 32.2. The Kier molecular flexibility index (Phi) is 5.79. The zero-order valence-electron chi connectivity index (χ0n) is 18.4. The van der Waals surface area contributed by atoms with Crippen LogP contribution in [0.5, 0.6) is 17.2 Å². The number of nitrogens with one attached hydrogen (secondary N) is 1. The first-order chi connectivity index (χ1) is 16.0. The molecule has 1 N–H and O–H groups in total. The average molecular weight is 487 g/mol. The lowest BCUT2D eigenvalue weighted by atomic mass is 10.0. The Bertz CT molecular complexity index is 1270. The average Bonchev–Trinajstić information content (AvgIpc) is 3.41. The van der Waals surface area contributed by atoms with Gasteiger partial charge in [0.05, 0.1) is 42.7 Å². The Labute approximate surface area is 198 Å². The molecule has 0 saturated heterocycles. The van der Waals surface area contributed by atoms with Crippen molar-refractivity contribution in [2.45, 2.75) is 35.6 Å². The van der Waals surface area contributed by atoms with Gasteiger partial charge in [0.2, 0.25) is 5.75 Å². The standard InChI is InChI=1S/C23H22N2O6S2/c1-28-18-13-9-31-22(27)17(13)14(19(29-2)20(18)30-3)10-32-23-25-15-8-11(4-7-16(15)33-23)21(26)24-12-5-6-12/h4,7-8,12H,5-6,9-10H2,1-3H3,(H,24,26). The first-order valence-corrected chi connectivity index (χ1v) is 12.2. The van der Waals surface area contributed by atoms with Crippen molar-refractivity contribution < 1.29 is 28.5 Å². The van der Waals surface area contributed by atoms with Gasteiger partial charge in [0.1, 0.15) is 6.61 Å². The summed E-state index contributed by atoms with van der Waals surface area (Å²) in [7, 11) is 4.59. The Hall–Kier alpha value is -2.98. The minimum absolute atomic E-state index is 0.0641. The molecule has 10 heteroatoms. The molecular formula is C23H22N2O6S2. The Morgan fingerprint density at radius 1 is 1.18 bits per heavy atom. The molecule has 5 rings (SSSR count). The van der Waals surface area contributed by atoms with Crippen molar-refractivity contribution >= 4 is 45.2 Å². The lowest BCUT2D eigenvalue weighted by Gasteiger charge is -2.18. The van der Waals surface area contributed by atoms with E-state index in [1.807, 2.05) is 18.2 Å². The molecule has 0 spiro atoms. The molecule has 2 heterocycles. The minimum atomic E-state index is -0.407. The highest BCUT2D eigenvalue weighted by Gasteiger charge is 2.35. The first-order valence-electron chi connectivity index (χ1n) is 10.4. The smallest absolute Gasteiger partial charge is 0.339 e. The van der Waals surface area contributed by atoms with Crippen LogP contribution in [0.1, 0.15) is 44.7 Å². The fraction of sp³-hybridized carbons (Fsp3) is 0.348. The number of methoxy groups -OCH3 is 3. The number of hydrogen-bond donors (Lipinski definition) is 1. The van der Waals surface area contributed by atoms with Gasteiger partial charge < -0.3 is 24.3 Å². The molecule has 1 amide bonds. The van der Waals surface area contributed by atoms with Crippen LogP contribution >= 0.6 is 23.1 Å². The van der Waals surface area contributed by atoms with Crippen LogP contribution in [-0.2, 0) is 17.1 Å². The number of fused-ring (bicyclic) bond motifs is 2. The molecule has 3 aromatic rings. The Balaban J connectivity index is 1.45. The van der Waals surface area contributed by atoms with Gasteiger partial charge in [-0.15, -0.1) is 11.3 Å². The third-order valence-electron chi connectivity index (χ3n) is 5.61. The predicted molar refractivity (Wildman–Crippen MR) is 125 cm³/mol. The first kappa shape index (κ1) is 21.8. The van der Waals surface area contributed by atoms with Crippen LogP contribution in [-0.4, -0.2) is 44.2 Å². The van der Waals surface area contributed by atoms with Gasteiger partial charge in [-0.3, -0.25) is 4.79 Å². The van der Waals surface area contributed by atoms with Gasteiger partial charge >= 0.3 is 5.97 Å². The largest absolute Gasteiger partial charge is 0.492 e. The zero-order chi connectivity index (χ0) is 23.1. The normalized spacial score (nSPS) is 14.7. The number of cyclic esters (lactones) is 1. The number of aromatic nitrogens is 1. The number of carbonyl (C=O) groups excluding carboxylic acids is 2. The van der Waals surface area contributed by atoms with E-state index in [4.69, 9.17) is 23.9 Å². The lowest BCUT2D eigenvalue weighted by Crippen LogP contribution is -2.25. The Morgan fingerprint density at radius 2 is 1.94 bits per heavy atom. The maximum absolute atomic E-state index is 12.5. The van der Waals surface area contributed by atoms with E-state index in [2.05, 4.69) is 5.32 Å². The molecule has 0 radical (unpaired) electrons. The van der Waals surface area contributed by atoms with Crippen LogP contribution in [0.15, 0.2) is 22.5 Å². The number of rotatable bonds is 8. The quantitative estimate of drug-likeness (QED) is 0.374. The second-order valence-corrected chi connectivity index (χ2v) is 9.96. The third kappa shape index (κ3) is 3.97. The van der Waals surface area contributed by atoms with Crippen LogP contribution in [0.2, 0.25) is 0 Å². The molecule has 1 aliphatic heterocycles. The second kappa shape index (κ2) is 8.75. The van der Waals surface area contributed by atoms with E-state index in [1.165, 1.54) is 44.4 Å². The van der Waals surface area contributed by atoms with E-state index in [0.717, 1.165) is 27.4 Å². The van der Waals surface area contributed by atoms with Crippen molar-refractivity contribution in [3.63, 3.8) is 0 Å². The maximum atomic E-state index is 12.5. The van der Waals surface area contributed by atoms with Gasteiger partial charge in [0, 0.05) is 22.9 Å². The number of thioether (sulfide) groups is 1. The number of ether oxygens (including phenoxy) is 4. The van der Waals surface area contributed by atoms with Crippen LogP contribution in [0, 0.1) is 0 Å². The maximum Gasteiger partial charge on any atom is 0.339 e. The van der Waals surface area contributed by atoms with E-state index in [1.54, 1.807) is 0 Å². The molecule has 0 unspecified atom stereocenters. The lowest BCUT2D eigenvalue weighted by molar-refractivity contribution is 0.0533. The van der Waals surface area contributed by atoms with Crippen LogP contribution in [0.3, 0.4) is 0 Å². The van der Waals surface area contributed by atoms with Crippen LogP contribution < -0.4 is 19.5 Å². The van der Waals surface area contributed by atoms with Gasteiger partial charge in [0.15, 0.2) is 15.8 Å². The number of nitrogens with zero attached hydrogens (tertiary/aromatic N) is 1. The van der Waals surface area contributed by atoms with Crippen molar-refractivity contribution in [1.29, 1.82) is 0 Å². The van der Waals surface area contributed by atoms with E-state index in [0.29, 0.717) is 51.3 Å². The number of amides is 1. The number of esters is 1. The molecule has 8 nitrogen and oxygen atoms in total. The summed E-state index contributed by atoms with van der Waals surface area (Å²) in [6, 6.07) is 5.87. The van der Waals surface area contributed by atoms with Crippen molar-refractivity contribution in [1.82, 2.24) is 10.3 Å².